The van der Waals surface area contributed by atoms with E-state index in [9.17, 15) is 8.42 Å². The smallest absolute Gasteiger partial charge is 0.261 e. The maximum absolute atomic E-state index is 13.1. The van der Waals surface area contributed by atoms with Crippen molar-refractivity contribution in [3.63, 3.8) is 0 Å². The molecule has 7 heteroatoms. The molecule has 35 heavy (non-hydrogen) atoms. The zero-order valence-corrected chi connectivity index (χ0v) is 20.1. The number of sulfonamides is 1. The molecule has 0 unspecified atom stereocenters. The van der Waals surface area contributed by atoms with Crippen molar-refractivity contribution in [2.24, 2.45) is 0 Å². The highest BCUT2D eigenvalue weighted by molar-refractivity contribution is 7.92. The van der Waals surface area contributed by atoms with Crippen LogP contribution in [0.5, 0.6) is 5.75 Å². The Hall–Kier alpha value is -4.23. The molecule has 0 amide bonds. The zero-order valence-electron chi connectivity index (χ0n) is 19.3. The first-order chi connectivity index (χ1) is 16.9. The Balaban J connectivity index is 1.63. The fraction of sp³-hybridized carbons (Fsp3) is 0.0714. The number of nitrogens with zero attached hydrogens (tertiary/aromatic N) is 2. The van der Waals surface area contributed by atoms with Crippen molar-refractivity contribution in [2.75, 3.05) is 11.8 Å². The zero-order chi connectivity index (χ0) is 24.4. The van der Waals surface area contributed by atoms with Crippen molar-refractivity contribution in [1.82, 2.24) is 9.97 Å². The minimum atomic E-state index is -3.79. The van der Waals surface area contributed by atoms with Gasteiger partial charge in [0.15, 0.2) is 5.82 Å². The van der Waals surface area contributed by atoms with E-state index in [0.29, 0.717) is 17.1 Å². The number of aromatic nitrogens is 2. The number of hydrogen-bond donors (Lipinski definition) is 1. The topological polar surface area (TPSA) is 81.2 Å². The van der Waals surface area contributed by atoms with Crippen LogP contribution >= 0.6 is 0 Å². The van der Waals surface area contributed by atoms with Crippen LogP contribution in [0.2, 0.25) is 0 Å². The van der Waals surface area contributed by atoms with E-state index in [1.807, 2.05) is 67.6 Å². The Bertz CT molecular complexity index is 1610. The van der Waals surface area contributed by atoms with Crippen LogP contribution in [0.15, 0.2) is 102 Å². The van der Waals surface area contributed by atoms with Gasteiger partial charge in [-0.2, -0.15) is 0 Å². The molecule has 0 aliphatic rings. The summed E-state index contributed by atoms with van der Waals surface area (Å²) >= 11 is 0. The van der Waals surface area contributed by atoms with Gasteiger partial charge in [-0.3, -0.25) is 4.72 Å². The summed E-state index contributed by atoms with van der Waals surface area (Å²) in [6, 6.07) is 29.3. The second kappa shape index (κ2) is 9.19. The minimum absolute atomic E-state index is 0.191. The monoisotopic (exact) mass is 481 g/mol. The number of hydrogen-bond acceptors (Lipinski definition) is 5. The SMILES string of the molecule is COc1ccc(-c2nc(-c3ccccc3NS(=O)(=O)c3ccc(C)cc3)nc3ccccc23)cc1. The number of para-hydroxylation sites is 2. The molecule has 0 fully saturated rings. The number of methoxy groups -OCH3 is 1. The van der Waals surface area contributed by atoms with Gasteiger partial charge in [0.2, 0.25) is 0 Å². The molecule has 4 aromatic carbocycles. The molecule has 0 spiro atoms. The third-order valence-corrected chi connectivity index (χ3v) is 7.09. The summed E-state index contributed by atoms with van der Waals surface area (Å²) in [5.74, 6) is 1.18. The second-order valence-electron chi connectivity index (χ2n) is 8.11. The van der Waals surface area contributed by atoms with Gasteiger partial charge in [-0.15, -0.1) is 0 Å². The van der Waals surface area contributed by atoms with E-state index < -0.39 is 10.0 Å². The normalized spacial score (nSPS) is 11.4. The number of aryl methyl sites for hydroxylation is 1. The molecule has 5 aromatic rings. The highest BCUT2D eigenvalue weighted by atomic mass is 32.2. The molecule has 1 aromatic heterocycles. The number of ether oxygens (including phenoxy) is 1. The summed E-state index contributed by atoms with van der Waals surface area (Å²) in [6.45, 7) is 1.91. The van der Waals surface area contributed by atoms with Crippen molar-refractivity contribution >= 4 is 26.6 Å². The van der Waals surface area contributed by atoms with Crippen molar-refractivity contribution < 1.29 is 13.2 Å². The average molecular weight is 482 g/mol. The molecule has 0 saturated carbocycles. The van der Waals surface area contributed by atoms with Crippen LogP contribution in [0.1, 0.15) is 5.56 Å². The number of rotatable bonds is 6. The van der Waals surface area contributed by atoms with Crippen molar-refractivity contribution in [3.8, 4) is 28.4 Å². The van der Waals surface area contributed by atoms with E-state index in [1.54, 1.807) is 43.5 Å². The van der Waals surface area contributed by atoms with Crippen LogP contribution in [-0.4, -0.2) is 25.5 Å². The van der Waals surface area contributed by atoms with Gasteiger partial charge >= 0.3 is 0 Å². The van der Waals surface area contributed by atoms with E-state index in [0.717, 1.165) is 33.5 Å². The molecule has 5 rings (SSSR count). The van der Waals surface area contributed by atoms with Gasteiger partial charge in [0, 0.05) is 16.5 Å². The lowest BCUT2D eigenvalue weighted by atomic mass is 10.1. The molecule has 0 radical (unpaired) electrons. The van der Waals surface area contributed by atoms with Gasteiger partial charge in [-0.25, -0.2) is 18.4 Å². The van der Waals surface area contributed by atoms with Crippen molar-refractivity contribution in [2.45, 2.75) is 11.8 Å². The molecular formula is C28H23N3O3S. The Kier molecular flexibility index (Phi) is 5.93. The van der Waals surface area contributed by atoms with E-state index in [-0.39, 0.29) is 4.90 Å². The summed E-state index contributed by atoms with van der Waals surface area (Å²) in [4.78, 5) is 9.85. The van der Waals surface area contributed by atoms with Crippen LogP contribution in [0.3, 0.4) is 0 Å². The summed E-state index contributed by atoms with van der Waals surface area (Å²) in [7, 11) is -2.17. The average Bonchev–Trinajstić information content (AvgIpc) is 2.88. The van der Waals surface area contributed by atoms with Crippen molar-refractivity contribution in [1.29, 1.82) is 0 Å². The Labute approximate surface area is 204 Å². The summed E-state index contributed by atoms with van der Waals surface area (Å²) in [5, 5.41) is 0.902. The predicted octanol–water partition coefficient (Wildman–Crippen LogP) is 6.08. The second-order valence-corrected chi connectivity index (χ2v) is 9.79. The van der Waals surface area contributed by atoms with E-state index in [1.165, 1.54) is 0 Å². The van der Waals surface area contributed by atoms with Crippen LogP contribution in [0.25, 0.3) is 33.5 Å². The van der Waals surface area contributed by atoms with Gasteiger partial charge in [-0.05, 0) is 61.5 Å². The lowest BCUT2D eigenvalue weighted by Gasteiger charge is -2.14. The summed E-state index contributed by atoms with van der Waals surface area (Å²) in [6.07, 6.45) is 0. The maximum Gasteiger partial charge on any atom is 0.261 e. The third kappa shape index (κ3) is 4.58. The van der Waals surface area contributed by atoms with Crippen LogP contribution in [0.4, 0.5) is 5.69 Å². The van der Waals surface area contributed by atoms with Crippen LogP contribution in [-0.2, 0) is 10.0 Å². The van der Waals surface area contributed by atoms with E-state index in [2.05, 4.69) is 4.72 Å². The Morgan fingerprint density at radius 3 is 2.20 bits per heavy atom. The highest BCUT2D eigenvalue weighted by Gasteiger charge is 2.19. The quantitative estimate of drug-likeness (QED) is 0.318. The third-order valence-electron chi connectivity index (χ3n) is 5.71. The molecule has 0 saturated heterocycles. The minimum Gasteiger partial charge on any atom is -0.497 e. The molecule has 0 aliphatic carbocycles. The number of nitrogens with one attached hydrogen (secondary N) is 1. The molecular weight excluding hydrogens is 458 g/mol. The highest BCUT2D eigenvalue weighted by Crippen LogP contribution is 2.33. The summed E-state index contributed by atoms with van der Waals surface area (Å²) < 4.78 is 34.2. The van der Waals surface area contributed by atoms with Crippen LogP contribution < -0.4 is 9.46 Å². The molecule has 174 valence electrons. The van der Waals surface area contributed by atoms with Gasteiger partial charge in [0.25, 0.3) is 10.0 Å². The van der Waals surface area contributed by atoms with Gasteiger partial charge in [-0.1, -0.05) is 48.0 Å². The molecule has 1 heterocycles. The number of anilines is 1. The number of benzene rings is 4. The fourth-order valence-electron chi connectivity index (χ4n) is 3.85. The Morgan fingerprint density at radius 2 is 1.46 bits per heavy atom. The molecule has 0 aliphatic heterocycles. The first-order valence-corrected chi connectivity index (χ1v) is 12.5. The number of fused-ring (bicyclic) bond motifs is 1. The standard InChI is InChI=1S/C28H23N3O3S/c1-19-11-17-22(18-12-19)35(32,33)31-26-10-6-4-8-24(26)28-29-25-9-5-3-7-23(25)27(30-28)20-13-15-21(34-2)16-14-20/h3-18,31H,1-2H3. The van der Waals surface area contributed by atoms with Gasteiger partial charge < -0.3 is 4.74 Å². The predicted molar refractivity (Wildman–Crippen MR) is 139 cm³/mol. The van der Waals surface area contributed by atoms with Gasteiger partial charge in [0.1, 0.15) is 5.75 Å². The van der Waals surface area contributed by atoms with E-state index >= 15 is 0 Å². The van der Waals surface area contributed by atoms with E-state index in [4.69, 9.17) is 14.7 Å². The maximum atomic E-state index is 13.1. The molecule has 0 bridgehead atoms. The summed E-state index contributed by atoms with van der Waals surface area (Å²) in [5.41, 5.74) is 4.40. The lowest BCUT2D eigenvalue weighted by Crippen LogP contribution is -2.14. The molecule has 6 nitrogen and oxygen atoms in total. The Morgan fingerprint density at radius 1 is 0.771 bits per heavy atom. The van der Waals surface area contributed by atoms with Crippen LogP contribution in [0, 0.1) is 6.92 Å². The largest absolute Gasteiger partial charge is 0.497 e. The molecule has 1 N–H and O–H groups in total. The van der Waals surface area contributed by atoms with Gasteiger partial charge in [0.05, 0.1) is 28.9 Å². The first-order valence-electron chi connectivity index (χ1n) is 11.0. The van der Waals surface area contributed by atoms with Crippen molar-refractivity contribution in [3.05, 3.63) is 103 Å². The fourth-order valence-corrected chi connectivity index (χ4v) is 4.93. The first kappa shape index (κ1) is 22.6. The molecule has 0 atom stereocenters. The lowest BCUT2D eigenvalue weighted by molar-refractivity contribution is 0.415.